The van der Waals surface area contributed by atoms with Crippen molar-refractivity contribution >= 4 is 11.3 Å². The second-order valence-electron chi connectivity index (χ2n) is 7.49. The summed E-state index contributed by atoms with van der Waals surface area (Å²) in [5, 5.41) is 9.40. The van der Waals surface area contributed by atoms with Crippen LogP contribution in [0.4, 0.5) is 0 Å². The Kier molecular flexibility index (Phi) is 8.08. The molecule has 0 aromatic carbocycles. The number of nitrogens with two attached hydrogens (primary N) is 1. The smallest absolute Gasteiger partial charge is 0.0611 e. The highest BCUT2D eigenvalue weighted by atomic mass is 32.1. The van der Waals surface area contributed by atoms with E-state index in [1.165, 1.54) is 67.5 Å². The maximum Gasteiger partial charge on any atom is 0.0611 e. The Balaban J connectivity index is 1.64. The number of rotatable bonds is 10. The number of aryl methyl sites for hydroxylation is 2. The molecular weight excluding hydrogens is 302 g/mol. The van der Waals surface area contributed by atoms with E-state index in [4.69, 9.17) is 5.73 Å². The Bertz CT molecular complexity index is 433. The predicted molar refractivity (Wildman–Crippen MR) is 101 cm³/mol. The van der Waals surface area contributed by atoms with Crippen LogP contribution in [0.5, 0.6) is 0 Å². The zero-order chi connectivity index (χ0) is 16.5. The summed E-state index contributed by atoms with van der Waals surface area (Å²) in [7, 11) is 0. The van der Waals surface area contributed by atoms with Gasteiger partial charge in [0.05, 0.1) is 6.61 Å². The molecule has 1 aromatic rings. The van der Waals surface area contributed by atoms with Gasteiger partial charge < -0.3 is 10.8 Å². The Morgan fingerprint density at radius 3 is 2.48 bits per heavy atom. The normalized spacial score (nSPS) is 18.9. The summed E-state index contributed by atoms with van der Waals surface area (Å²) < 4.78 is 0. The fraction of sp³-hybridized carbons (Fsp3) is 0.800. The molecule has 0 saturated heterocycles. The van der Waals surface area contributed by atoms with E-state index in [0.717, 1.165) is 25.2 Å². The number of aliphatic hydroxyl groups is 1. The van der Waals surface area contributed by atoms with E-state index in [0.29, 0.717) is 0 Å². The molecule has 3 heteroatoms. The van der Waals surface area contributed by atoms with Crippen LogP contribution < -0.4 is 5.73 Å². The van der Waals surface area contributed by atoms with Crippen molar-refractivity contribution in [1.29, 1.82) is 0 Å². The summed E-state index contributed by atoms with van der Waals surface area (Å²) in [6.45, 7) is 2.14. The van der Waals surface area contributed by atoms with Crippen LogP contribution in [0.2, 0.25) is 0 Å². The van der Waals surface area contributed by atoms with Crippen molar-refractivity contribution < 1.29 is 5.11 Å². The summed E-state index contributed by atoms with van der Waals surface area (Å²) in [4.78, 5) is 2.94. The third kappa shape index (κ3) is 6.56. The fourth-order valence-corrected chi connectivity index (χ4v) is 4.70. The highest BCUT2D eigenvalue weighted by Gasteiger charge is 2.21. The molecule has 1 aromatic heterocycles. The molecule has 0 radical (unpaired) electrons. The van der Waals surface area contributed by atoms with E-state index in [9.17, 15) is 5.11 Å². The van der Waals surface area contributed by atoms with E-state index in [2.05, 4.69) is 19.1 Å². The van der Waals surface area contributed by atoms with Gasteiger partial charge in [0.15, 0.2) is 0 Å². The molecule has 1 heterocycles. The lowest BCUT2D eigenvalue weighted by Gasteiger charge is -2.25. The third-order valence-corrected chi connectivity index (χ3v) is 6.82. The average Bonchev–Trinajstić information content (AvgIpc) is 3.05. The molecule has 23 heavy (non-hydrogen) atoms. The van der Waals surface area contributed by atoms with Crippen molar-refractivity contribution in [3.05, 3.63) is 21.9 Å². The maximum absolute atomic E-state index is 9.40. The summed E-state index contributed by atoms with van der Waals surface area (Å²) in [5.41, 5.74) is 5.78. The molecule has 0 bridgehead atoms. The van der Waals surface area contributed by atoms with E-state index in [-0.39, 0.29) is 6.61 Å². The highest BCUT2D eigenvalue weighted by Crippen LogP contribution is 2.28. The second kappa shape index (κ2) is 9.80. The van der Waals surface area contributed by atoms with Gasteiger partial charge in [-0.05, 0) is 50.2 Å². The van der Waals surface area contributed by atoms with Crippen molar-refractivity contribution in [2.45, 2.75) is 89.5 Å². The van der Waals surface area contributed by atoms with Crippen molar-refractivity contribution in [2.75, 3.05) is 6.61 Å². The Labute approximate surface area is 146 Å². The first-order valence-corrected chi connectivity index (χ1v) is 10.4. The first kappa shape index (κ1) is 19.0. The van der Waals surface area contributed by atoms with E-state index >= 15 is 0 Å². The Morgan fingerprint density at radius 2 is 1.83 bits per heavy atom. The van der Waals surface area contributed by atoms with Gasteiger partial charge in [-0.1, -0.05) is 51.9 Å². The first-order chi connectivity index (χ1) is 11.1. The summed E-state index contributed by atoms with van der Waals surface area (Å²) in [5.74, 6) is 1.02. The molecule has 0 aliphatic heterocycles. The highest BCUT2D eigenvalue weighted by molar-refractivity contribution is 7.11. The maximum atomic E-state index is 9.40. The summed E-state index contributed by atoms with van der Waals surface area (Å²) >= 11 is 1.94. The summed E-state index contributed by atoms with van der Waals surface area (Å²) in [6.07, 6.45) is 15.5. The van der Waals surface area contributed by atoms with Crippen molar-refractivity contribution in [1.82, 2.24) is 0 Å². The van der Waals surface area contributed by atoms with Crippen LogP contribution in [0.25, 0.3) is 0 Å². The van der Waals surface area contributed by atoms with Crippen molar-refractivity contribution in [3.63, 3.8) is 0 Å². The van der Waals surface area contributed by atoms with E-state index in [1.807, 2.05) is 11.3 Å². The monoisotopic (exact) mass is 337 g/mol. The van der Waals surface area contributed by atoms with Gasteiger partial charge in [-0.3, -0.25) is 0 Å². The van der Waals surface area contributed by atoms with Gasteiger partial charge in [-0.2, -0.15) is 0 Å². The minimum Gasteiger partial charge on any atom is -0.394 e. The third-order valence-electron chi connectivity index (χ3n) is 5.62. The predicted octanol–water partition coefficient (Wildman–Crippen LogP) is 5.07. The lowest BCUT2D eigenvalue weighted by molar-refractivity contribution is 0.183. The second-order valence-corrected chi connectivity index (χ2v) is 8.74. The van der Waals surface area contributed by atoms with Gasteiger partial charge >= 0.3 is 0 Å². The first-order valence-electron chi connectivity index (χ1n) is 9.62. The largest absolute Gasteiger partial charge is 0.394 e. The molecule has 0 amide bonds. The molecule has 0 spiro atoms. The number of aliphatic hydroxyl groups excluding tert-OH is 1. The molecule has 1 atom stereocenters. The number of unbranched alkanes of at least 4 members (excludes halogenated alkanes) is 1. The van der Waals surface area contributed by atoms with Gasteiger partial charge in [-0.15, -0.1) is 11.3 Å². The lowest BCUT2D eigenvalue weighted by atomic mass is 9.85. The zero-order valence-electron chi connectivity index (χ0n) is 14.9. The molecule has 1 aliphatic rings. The van der Waals surface area contributed by atoms with Crippen molar-refractivity contribution in [2.24, 2.45) is 11.7 Å². The van der Waals surface area contributed by atoms with Crippen molar-refractivity contribution in [3.8, 4) is 0 Å². The van der Waals surface area contributed by atoms with Crippen LogP contribution in [0, 0.1) is 5.92 Å². The standard InChI is InChI=1S/C20H35NOS/c1-2-20(21,16-22)15-14-19-13-12-18(23-19)11-7-6-10-17-8-4-3-5-9-17/h12-13,17,22H,2-11,14-16,21H2,1H3. The van der Waals surface area contributed by atoms with Gasteiger partial charge in [-0.25, -0.2) is 0 Å². The lowest BCUT2D eigenvalue weighted by Crippen LogP contribution is -2.43. The summed E-state index contributed by atoms with van der Waals surface area (Å²) in [6, 6.07) is 4.55. The molecule has 2 rings (SSSR count). The minimum absolute atomic E-state index is 0.0862. The Hall–Kier alpha value is -0.380. The molecule has 1 fully saturated rings. The van der Waals surface area contributed by atoms with Crippen LogP contribution in [0.3, 0.4) is 0 Å². The molecule has 3 N–H and O–H groups in total. The molecule has 2 nitrogen and oxygen atoms in total. The number of hydrogen-bond acceptors (Lipinski definition) is 3. The van der Waals surface area contributed by atoms with E-state index in [1.54, 1.807) is 0 Å². The topological polar surface area (TPSA) is 46.2 Å². The Morgan fingerprint density at radius 1 is 1.13 bits per heavy atom. The minimum atomic E-state index is -0.399. The molecule has 1 saturated carbocycles. The van der Waals surface area contributed by atoms with Gasteiger partial charge in [0.2, 0.25) is 0 Å². The van der Waals surface area contributed by atoms with Gasteiger partial charge in [0.1, 0.15) is 0 Å². The quantitative estimate of drug-likeness (QED) is 0.585. The van der Waals surface area contributed by atoms with Crippen LogP contribution in [0.15, 0.2) is 12.1 Å². The molecular formula is C20H35NOS. The SMILES string of the molecule is CCC(N)(CO)CCc1ccc(CCCCC2CCCCC2)s1. The molecule has 1 aliphatic carbocycles. The number of hydrogen-bond donors (Lipinski definition) is 2. The fourth-order valence-electron chi connectivity index (χ4n) is 3.64. The molecule has 132 valence electrons. The van der Waals surface area contributed by atoms with Crippen LogP contribution in [-0.2, 0) is 12.8 Å². The zero-order valence-corrected chi connectivity index (χ0v) is 15.7. The van der Waals surface area contributed by atoms with E-state index < -0.39 is 5.54 Å². The van der Waals surface area contributed by atoms with Crippen LogP contribution in [-0.4, -0.2) is 17.3 Å². The van der Waals surface area contributed by atoms with Gasteiger partial charge in [0.25, 0.3) is 0 Å². The average molecular weight is 338 g/mol. The number of thiophene rings is 1. The van der Waals surface area contributed by atoms with Crippen LogP contribution >= 0.6 is 11.3 Å². The molecule has 1 unspecified atom stereocenters. The van der Waals surface area contributed by atoms with Gasteiger partial charge in [0, 0.05) is 15.3 Å². The van der Waals surface area contributed by atoms with Crippen LogP contribution in [0.1, 0.15) is 80.9 Å².